The van der Waals surface area contributed by atoms with Gasteiger partial charge in [-0.05, 0) is 30.7 Å². The summed E-state index contributed by atoms with van der Waals surface area (Å²) in [7, 11) is 1.68. The molecule has 0 fully saturated rings. The van der Waals surface area contributed by atoms with Crippen LogP contribution in [0.3, 0.4) is 0 Å². The Labute approximate surface area is 107 Å². The molecule has 18 heavy (non-hydrogen) atoms. The van der Waals surface area contributed by atoms with Crippen molar-refractivity contribution in [2.75, 3.05) is 13.7 Å². The molecule has 0 unspecified atom stereocenters. The molecule has 96 valence electrons. The fraction of sp³-hybridized carbons (Fsp3) is 0.385. The van der Waals surface area contributed by atoms with E-state index in [4.69, 9.17) is 4.74 Å². The summed E-state index contributed by atoms with van der Waals surface area (Å²) in [6.07, 6.45) is 3.50. The number of aromatic nitrogens is 3. The standard InChI is InChI=1S/C13H18N4O/c1-18-12-5-2-4-11(8-12)9-14-7-3-6-13-15-10-16-17-13/h2,4-5,8,10,14H,3,6-7,9H2,1H3,(H,15,16,17). The lowest BCUT2D eigenvalue weighted by atomic mass is 10.2. The number of aromatic amines is 1. The van der Waals surface area contributed by atoms with Crippen LogP contribution in [0, 0.1) is 0 Å². The number of aryl methyl sites for hydroxylation is 1. The number of nitrogens with zero attached hydrogens (tertiary/aromatic N) is 2. The van der Waals surface area contributed by atoms with Crippen LogP contribution in [0.1, 0.15) is 17.8 Å². The van der Waals surface area contributed by atoms with Crippen LogP contribution >= 0.6 is 0 Å². The van der Waals surface area contributed by atoms with Gasteiger partial charge >= 0.3 is 0 Å². The van der Waals surface area contributed by atoms with Gasteiger partial charge in [-0.15, -0.1) is 0 Å². The average molecular weight is 246 g/mol. The molecule has 5 nitrogen and oxygen atoms in total. The van der Waals surface area contributed by atoms with E-state index in [1.54, 1.807) is 13.4 Å². The molecule has 0 atom stereocenters. The molecule has 0 amide bonds. The van der Waals surface area contributed by atoms with Crippen LogP contribution in [-0.4, -0.2) is 28.8 Å². The molecule has 1 aromatic heterocycles. The number of nitrogens with one attached hydrogen (secondary N) is 2. The highest BCUT2D eigenvalue weighted by Gasteiger charge is 1.97. The molecule has 0 aliphatic rings. The highest BCUT2D eigenvalue weighted by molar-refractivity contribution is 5.28. The Bertz CT molecular complexity index is 456. The van der Waals surface area contributed by atoms with Crippen molar-refractivity contribution in [3.8, 4) is 5.75 Å². The third-order valence-corrected chi connectivity index (χ3v) is 2.70. The summed E-state index contributed by atoms with van der Waals surface area (Å²) in [5, 5.41) is 10.1. The van der Waals surface area contributed by atoms with E-state index in [2.05, 4.69) is 26.6 Å². The Morgan fingerprint density at radius 2 is 2.33 bits per heavy atom. The van der Waals surface area contributed by atoms with Crippen LogP contribution in [0.25, 0.3) is 0 Å². The van der Waals surface area contributed by atoms with E-state index < -0.39 is 0 Å². The fourth-order valence-electron chi connectivity index (χ4n) is 1.75. The van der Waals surface area contributed by atoms with Crippen LogP contribution in [0.5, 0.6) is 5.75 Å². The van der Waals surface area contributed by atoms with E-state index in [0.717, 1.165) is 37.5 Å². The normalized spacial score (nSPS) is 10.5. The van der Waals surface area contributed by atoms with E-state index in [1.807, 2.05) is 18.2 Å². The van der Waals surface area contributed by atoms with Crippen molar-refractivity contribution in [2.45, 2.75) is 19.4 Å². The van der Waals surface area contributed by atoms with E-state index in [-0.39, 0.29) is 0 Å². The van der Waals surface area contributed by atoms with Crippen molar-refractivity contribution in [1.29, 1.82) is 0 Å². The molecule has 0 saturated carbocycles. The maximum atomic E-state index is 5.18. The molecule has 5 heteroatoms. The van der Waals surface area contributed by atoms with Gasteiger partial charge in [-0.25, -0.2) is 4.98 Å². The Hall–Kier alpha value is -1.88. The smallest absolute Gasteiger partial charge is 0.137 e. The van der Waals surface area contributed by atoms with Crippen molar-refractivity contribution in [3.63, 3.8) is 0 Å². The molecule has 0 spiro atoms. The highest BCUT2D eigenvalue weighted by atomic mass is 16.5. The zero-order valence-electron chi connectivity index (χ0n) is 10.5. The number of rotatable bonds is 7. The summed E-state index contributed by atoms with van der Waals surface area (Å²) >= 11 is 0. The zero-order valence-corrected chi connectivity index (χ0v) is 10.5. The maximum absolute atomic E-state index is 5.18. The largest absolute Gasteiger partial charge is 0.497 e. The molecular formula is C13H18N4O. The minimum Gasteiger partial charge on any atom is -0.497 e. The second-order valence-corrected chi connectivity index (χ2v) is 4.06. The van der Waals surface area contributed by atoms with E-state index in [9.17, 15) is 0 Å². The molecule has 0 saturated heterocycles. The Morgan fingerprint density at radius 3 is 3.11 bits per heavy atom. The molecule has 0 aliphatic heterocycles. The third kappa shape index (κ3) is 3.85. The number of hydrogen-bond acceptors (Lipinski definition) is 4. The van der Waals surface area contributed by atoms with Gasteiger partial charge in [-0.2, -0.15) is 5.10 Å². The summed E-state index contributed by atoms with van der Waals surface area (Å²) < 4.78 is 5.18. The van der Waals surface area contributed by atoms with Crippen molar-refractivity contribution in [1.82, 2.24) is 20.5 Å². The van der Waals surface area contributed by atoms with Gasteiger partial charge in [0, 0.05) is 13.0 Å². The van der Waals surface area contributed by atoms with Gasteiger partial charge in [-0.3, -0.25) is 5.10 Å². The topological polar surface area (TPSA) is 62.8 Å². The molecule has 0 radical (unpaired) electrons. The zero-order chi connectivity index (χ0) is 12.6. The van der Waals surface area contributed by atoms with E-state index in [0.29, 0.717) is 0 Å². The summed E-state index contributed by atoms with van der Waals surface area (Å²) in [4.78, 5) is 4.08. The monoisotopic (exact) mass is 246 g/mol. The van der Waals surface area contributed by atoms with Crippen LogP contribution in [0.4, 0.5) is 0 Å². The first-order valence-electron chi connectivity index (χ1n) is 6.06. The lowest BCUT2D eigenvalue weighted by Crippen LogP contribution is -2.15. The number of benzene rings is 1. The van der Waals surface area contributed by atoms with Gasteiger partial charge in [0.15, 0.2) is 0 Å². The van der Waals surface area contributed by atoms with Crippen molar-refractivity contribution in [3.05, 3.63) is 42.0 Å². The first-order valence-corrected chi connectivity index (χ1v) is 6.06. The average Bonchev–Trinajstić information content (AvgIpc) is 2.92. The number of H-pyrrole nitrogens is 1. The predicted octanol–water partition coefficient (Wildman–Crippen LogP) is 1.54. The predicted molar refractivity (Wildman–Crippen MR) is 69.4 cm³/mol. The second kappa shape index (κ2) is 6.76. The second-order valence-electron chi connectivity index (χ2n) is 4.06. The number of ether oxygens (including phenoxy) is 1. The van der Waals surface area contributed by atoms with Gasteiger partial charge in [0.05, 0.1) is 7.11 Å². The Kier molecular flexibility index (Phi) is 4.72. The lowest BCUT2D eigenvalue weighted by molar-refractivity contribution is 0.414. The van der Waals surface area contributed by atoms with Gasteiger partial charge in [-0.1, -0.05) is 12.1 Å². The fourth-order valence-corrected chi connectivity index (χ4v) is 1.75. The Balaban J connectivity index is 1.65. The van der Waals surface area contributed by atoms with Crippen LogP contribution in [-0.2, 0) is 13.0 Å². The first kappa shape index (κ1) is 12.6. The van der Waals surface area contributed by atoms with Gasteiger partial charge in [0.25, 0.3) is 0 Å². The summed E-state index contributed by atoms with van der Waals surface area (Å²) in [6, 6.07) is 8.09. The summed E-state index contributed by atoms with van der Waals surface area (Å²) in [5.74, 6) is 1.84. The maximum Gasteiger partial charge on any atom is 0.137 e. The minimum atomic E-state index is 0.855. The van der Waals surface area contributed by atoms with Crippen molar-refractivity contribution in [2.24, 2.45) is 0 Å². The first-order chi connectivity index (χ1) is 8.88. The van der Waals surface area contributed by atoms with Crippen LogP contribution in [0.15, 0.2) is 30.6 Å². The van der Waals surface area contributed by atoms with Gasteiger partial charge in [0.2, 0.25) is 0 Å². The molecular weight excluding hydrogens is 228 g/mol. The molecule has 2 rings (SSSR count). The van der Waals surface area contributed by atoms with Crippen molar-refractivity contribution >= 4 is 0 Å². The molecule has 2 N–H and O–H groups in total. The Morgan fingerprint density at radius 1 is 1.39 bits per heavy atom. The van der Waals surface area contributed by atoms with Gasteiger partial charge < -0.3 is 10.1 Å². The highest BCUT2D eigenvalue weighted by Crippen LogP contribution is 2.11. The molecule has 0 aliphatic carbocycles. The summed E-state index contributed by atoms with van der Waals surface area (Å²) in [5.41, 5.74) is 1.23. The third-order valence-electron chi connectivity index (χ3n) is 2.70. The molecule has 2 aromatic rings. The van der Waals surface area contributed by atoms with Crippen LogP contribution in [0.2, 0.25) is 0 Å². The minimum absolute atomic E-state index is 0.855. The van der Waals surface area contributed by atoms with Crippen molar-refractivity contribution < 1.29 is 4.74 Å². The number of hydrogen-bond donors (Lipinski definition) is 2. The van der Waals surface area contributed by atoms with E-state index in [1.165, 1.54) is 5.56 Å². The number of methoxy groups -OCH3 is 1. The molecule has 0 bridgehead atoms. The lowest BCUT2D eigenvalue weighted by Gasteiger charge is -2.06. The van der Waals surface area contributed by atoms with E-state index >= 15 is 0 Å². The summed E-state index contributed by atoms with van der Waals surface area (Å²) in [6.45, 7) is 1.81. The SMILES string of the molecule is COc1cccc(CNCCCc2ncn[nH]2)c1. The van der Waals surface area contributed by atoms with Gasteiger partial charge in [0.1, 0.15) is 17.9 Å². The molecule has 1 heterocycles. The van der Waals surface area contributed by atoms with Crippen LogP contribution < -0.4 is 10.1 Å². The molecule has 1 aromatic carbocycles. The quantitative estimate of drug-likeness (QED) is 0.727.